The van der Waals surface area contributed by atoms with Gasteiger partial charge in [0, 0.05) is 12.8 Å². The summed E-state index contributed by atoms with van der Waals surface area (Å²) in [7, 11) is 0. The summed E-state index contributed by atoms with van der Waals surface area (Å²) in [6.07, 6.45) is 3.59. The molecule has 1 nitrogen and oxygen atoms in total. The molecule has 0 aromatic rings. The lowest BCUT2D eigenvalue weighted by molar-refractivity contribution is -0.629. The van der Waals surface area contributed by atoms with E-state index in [2.05, 4.69) is 31.6 Å². The first-order valence-electron chi connectivity index (χ1n) is 3.81. The number of rotatable bonds is 1. The van der Waals surface area contributed by atoms with E-state index in [0.717, 1.165) is 12.0 Å². The fourth-order valence-corrected chi connectivity index (χ4v) is 1.46. The van der Waals surface area contributed by atoms with Crippen LogP contribution in [0.2, 0.25) is 0 Å². The number of hydrogen-bond acceptors (Lipinski definition) is 0. The predicted molar refractivity (Wildman–Crippen MR) is 40.1 cm³/mol. The zero-order chi connectivity index (χ0) is 6.85. The Labute approximate surface area is 57.4 Å². The fraction of sp³-hybridized carbons (Fsp3) is 0.875. The van der Waals surface area contributed by atoms with Crippen LogP contribution in [0.15, 0.2) is 0 Å². The maximum Gasteiger partial charge on any atom is 0.160 e. The van der Waals surface area contributed by atoms with E-state index >= 15 is 0 Å². The van der Waals surface area contributed by atoms with Crippen molar-refractivity contribution in [3.05, 3.63) is 0 Å². The third-order valence-electron chi connectivity index (χ3n) is 2.21. The van der Waals surface area contributed by atoms with Gasteiger partial charge in [-0.15, -0.1) is 0 Å². The molecule has 1 heterocycles. The SMILES string of the molecule is CC=[N+]1CCC1C(C)C. The largest absolute Gasteiger partial charge is 0.236 e. The zero-order valence-electron chi connectivity index (χ0n) is 6.59. The van der Waals surface area contributed by atoms with Gasteiger partial charge in [-0.2, -0.15) is 0 Å². The summed E-state index contributed by atoms with van der Waals surface area (Å²) in [6.45, 7) is 7.98. The van der Waals surface area contributed by atoms with Crippen LogP contribution >= 0.6 is 0 Å². The van der Waals surface area contributed by atoms with Crippen LogP contribution in [0.4, 0.5) is 0 Å². The van der Waals surface area contributed by atoms with Crippen molar-refractivity contribution >= 4 is 6.21 Å². The van der Waals surface area contributed by atoms with E-state index in [1.165, 1.54) is 13.0 Å². The predicted octanol–water partition coefficient (Wildman–Crippen LogP) is 1.52. The van der Waals surface area contributed by atoms with E-state index in [4.69, 9.17) is 0 Å². The van der Waals surface area contributed by atoms with Crippen molar-refractivity contribution in [3.63, 3.8) is 0 Å². The lowest BCUT2D eigenvalue weighted by Gasteiger charge is -2.26. The molecule has 52 valence electrons. The minimum Gasteiger partial charge on any atom is -0.236 e. The standard InChI is InChI=1S/C8H16N/c1-4-9-6-5-8(9)7(2)3/h4,7-8H,5-6H2,1-3H3/q+1. The Balaban J connectivity index is 2.45. The molecule has 1 unspecified atom stereocenters. The van der Waals surface area contributed by atoms with Crippen LogP contribution in [-0.4, -0.2) is 23.4 Å². The molecule has 9 heavy (non-hydrogen) atoms. The molecule has 0 aliphatic carbocycles. The minimum atomic E-state index is 0.829. The van der Waals surface area contributed by atoms with Crippen molar-refractivity contribution in [1.82, 2.24) is 0 Å². The molecule has 0 radical (unpaired) electrons. The second kappa shape index (κ2) is 2.51. The van der Waals surface area contributed by atoms with Gasteiger partial charge in [-0.3, -0.25) is 0 Å². The Morgan fingerprint density at radius 1 is 1.56 bits per heavy atom. The van der Waals surface area contributed by atoms with E-state index in [1.54, 1.807) is 0 Å². The average molecular weight is 126 g/mol. The smallest absolute Gasteiger partial charge is 0.160 e. The van der Waals surface area contributed by atoms with Gasteiger partial charge in [0.1, 0.15) is 12.8 Å². The molecular weight excluding hydrogens is 110 g/mol. The summed E-state index contributed by atoms with van der Waals surface area (Å²) in [5.41, 5.74) is 0. The van der Waals surface area contributed by atoms with Gasteiger partial charge >= 0.3 is 0 Å². The van der Waals surface area contributed by atoms with Crippen molar-refractivity contribution < 1.29 is 4.58 Å². The highest BCUT2D eigenvalue weighted by Crippen LogP contribution is 2.18. The Kier molecular flexibility index (Phi) is 1.89. The first-order chi connectivity index (χ1) is 4.25. The molecule has 0 N–H and O–H groups in total. The maximum absolute atomic E-state index is 2.42. The van der Waals surface area contributed by atoms with E-state index in [-0.39, 0.29) is 0 Å². The second-order valence-corrected chi connectivity index (χ2v) is 3.10. The highest BCUT2D eigenvalue weighted by molar-refractivity contribution is 5.47. The molecule has 1 fully saturated rings. The van der Waals surface area contributed by atoms with Gasteiger partial charge < -0.3 is 0 Å². The topological polar surface area (TPSA) is 3.01 Å². The molecule has 1 rings (SSSR count). The number of hydrogen-bond donors (Lipinski definition) is 0. The van der Waals surface area contributed by atoms with Gasteiger partial charge in [0.2, 0.25) is 0 Å². The van der Waals surface area contributed by atoms with Gasteiger partial charge in [-0.25, -0.2) is 4.58 Å². The average Bonchev–Trinajstić information content (AvgIpc) is 1.61. The third kappa shape index (κ3) is 1.15. The van der Waals surface area contributed by atoms with E-state index in [0.29, 0.717) is 0 Å². The van der Waals surface area contributed by atoms with Gasteiger partial charge in [0.05, 0.1) is 6.42 Å². The van der Waals surface area contributed by atoms with E-state index in [9.17, 15) is 0 Å². The Morgan fingerprint density at radius 2 is 2.22 bits per heavy atom. The summed E-state index contributed by atoms with van der Waals surface area (Å²) in [4.78, 5) is 0. The van der Waals surface area contributed by atoms with Gasteiger partial charge in [0.25, 0.3) is 0 Å². The van der Waals surface area contributed by atoms with E-state index < -0.39 is 0 Å². The summed E-state index contributed by atoms with van der Waals surface area (Å²) < 4.78 is 2.42. The molecule has 0 bridgehead atoms. The van der Waals surface area contributed by atoms with Crippen molar-refractivity contribution in [3.8, 4) is 0 Å². The summed E-state index contributed by atoms with van der Waals surface area (Å²) >= 11 is 0. The molecule has 0 aromatic carbocycles. The van der Waals surface area contributed by atoms with Crippen LogP contribution in [0.1, 0.15) is 27.2 Å². The van der Waals surface area contributed by atoms with Crippen molar-refractivity contribution in [2.75, 3.05) is 6.54 Å². The number of nitrogens with zero attached hydrogens (tertiary/aromatic N) is 1. The highest BCUT2D eigenvalue weighted by atomic mass is 15.1. The third-order valence-corrected chi connectivity index (χ3v) is 2.21. The fourth-order valence-electron chi connectivity index (χ4n) is 1.46. The molecule has 0 saturated carbocycles. The quantitative estimate of drug-likeness (QED) is 0.469. The molecule has 1 heteroatoms. The normalized spacial score (nSPS) is 31.1. The van der Waals surface area contributed by atoms with Crippen molar-refractivity contribution in [2.24, 2.45) is 5.92 Å². The van der Waals surface area contributed by atoms with Crippen LogP contribution < -0.4 is 0 Å². The molecule has 1 saturated heterocycles. The molecule has 0 amide bonds. The van der Waals surface area contributed by atoms with E-state index in [1.807, 2.05) is 0 Å². The lowest BCUT2D eigenvalue weighted by Crippen LogP contribution is -2.43. The molecular formula is C8H16N+. The van der Waals surface area contributed by atoms with Crippen molar-refractivity contribution in [1.29, 1.82) is 0 Å². The molecule has 1 atom stereocenters. The van der Waals surface area contributed by atoms with Crippen LogP contribution in [0.5, 0.6) is 0 Å². The molecule has 1 aliphatic heterocycles. The van der Waals surface area contributed by atoms with Crippen LogP contribution in [0.3, 0.4) is 0 Å². The minimum absolute atomic E-state index is 0.829. The van der Waals surface area contributed by atoms with Crippen LogP contribution in [0, 0.1) is 5.92 Å². The monoisotopic (exact) mass is 126 g/mol. The van der Waals surface area contributed by atoms with Gasteiger partial charge in [-0.1, -0.05) is 13.8 Å². The Bertz CT molecular complexity index is 125. The summed E-state index contributed by atoms with van der Waals surface area (Å²) in [5, 5.41) is 0. The molecule has 0 spiro atoms. The van der Waals surface area contributed by atoms with Crippen LogP contribution in [-0.2, 0) is 0 Å². The molecule has 1 aliphatic rings. The van der Waals surface area contributed by atoms with Gasteiger partial charge in [-0.05, 0) is 0 Å². The maximum atomic E-state index is 2.42. The first-order valence-corrected chi connectivity index (χ1v) is 3.81. The van der Waals surface area contributed by atoms with Crippen molar-refractivity contribution in [2.45, 2.75) is 33.2 Å². The Morgan fingerprint density at radius 3 is 2.33 bits per heavy atom. The van der Waals surface area contributed by atoms with Gasteiger partial charge in [0.15, 0.2) is 6.04 Å². The highest BCUT2D eigenvalue weighted by Gasteiger charge is 2.33. The summed E-state index contributed by atoms with van der Waals surface area (Å²) in [5.74, 6) is 0.829. The lowest BCUT2D eigenvalue weighted by atomic mass is 9.94. The molecule has 0 aromatic heterocycles. The van der Waals surface area contributed by atoms with Crippen LogP contribution in [0.25, 0.3) is 0 Å². The first kappa shape index (κ1) is 6.79. The summed E-state index contributed by atoms with van der Waals surface area (Å²) in [6, 6.07) is 0.843. The Hall–Kier alpha value is -0.330. The zero-order valence-corrected chi connectivity index (χ0v) is 6.59. The second-order valence-electron chi connectivity index (χ2n) is 3.10.